The van der Waals surface area contributed by atoms with Gasteiger partial charge in [-0.15, -0.1) is 11.6 Å². The molecular weight excluding hydrogens is 202 g/mol. The Hall–Kier alpha value is -0.280. The van der Waals surface area contributed by atoms with Crippen LogP contribution in [0.5, 0.6) is 0 Å². The molecule has 1 N–H and O–H groups in total. The van der Waals surface area contributed by atoms with Gasteiger partial charge in [0.15, 0.2) is 0 Å². The highest BCUT2D eigenvalue weighted by Gasteiger charge is 2.37. The van der Waals surface area contributed by atoms with E-state index in [9.17, 15) is 9.90 Å². The Kier molecular flexibility index (Phi) is 2.98. The summed E-state index contributed by atoms with van der Waals surface area (Å²) >= 11 is 5.92. The summed E-state index contributed by atoms with van der Waals surface area (Å²) in [5.74, 6) is 0.107. The Labute approximate surface area is 89.0 Å². The average molecular weight is 218 g/mol. The van der Waals surface area contributed by atoms with Crippen molar-refractivity contribution < 1.29 is 9.90 Å². The smallest absolute Gasteiger partial charge is 0.224 e. The van der Waals surface area contributed by atoms with Gasteiger partial charge >= 0.3 is 0 Å². The number of amides is 1. The highest BCUT2D eigenvalue weighted by Crippen LogP contribution is 2.28. The van der Waals surface area contributed by atoms with E-state index >= 15 is 0 Å². The highest BCUT2D eigenvalue weighted by molar-refractivity contribution is 6.22. The van der Waals surface area contributed by atoms with Gasteiger partial charge in [0.2, 0.25) is 5.91 Å². The molecule has 0 aromatic heterocycles. The third-order valence-electron chi connectivity index (χ3n) is 3.21. The van der Waals surface area contributed by atoms with Crippen molar-refractivity contribution in [2.45, 2.75) is 49.6 Å². The molecule has 1 amide bonds. The van der Waals surface area contributed by atoms with E-state index in [1.165, 1.54) is 0 Å². The van der Waals surface area contributed by atoms with Crippen LogP contribution in [0.15, 0.2) is 0 Å². The number of carbonyl (C=O) groups is 1. The third kappa shape index (κ3) is 1.89. The number of hydrogen-bond acceptors (Lipinski definition) is 2. The van der Waals surface area contributed by atoms with Gasteiger partial charge in [-0.25, -0.2) is 0 Å². The molecule has 0 aromatic carbocycles. The Bertz CT molecular complexity index is 234. The normalized spacial score (nSPS) is 39.1. The van der Waals surface area contributed by atoms with Crippen molar-refractivity contribution in [2.75, 3.05) is 6.54 Å². The van der Waals surface area contributed by atoms with E-state index in [0.717, 1.165) is 25.7 Å². The number of aliphatic hydroxyl groups excluding tert-OH is 1. The molecule has 3 atom stereocenters. The van der Waals surface area contributed by atoms with Crippen LogP contribution in [-0.2, 0) is 4.79 Å². The van der Waals surface area contributed by atoms with Crippen LogP contribution in [-0.4, -0.2) is 40.0 Å². The van der Waals surface area contributed by atoms with Crippen molar-refractivity contribution in [2.24, 2.45) is 0 Å². The summed E-state index contributed by atoms with van der Waals surface area (Å²) in [6, 6.07) is 0.0278. The first kappa shape index (κ1) is 10.2. The standard InChI is InChI=1S/C10H16ClNO2/c11-7-5-10(14)12(6-7)8-3-1-2-4-9(8)13/h7-9,13H,1-6H2/t7?,8-,9-/m0/s1. The second kappa shape index (κ2) is 4.07. The summed E-state index contributed by atoms with van der Waals surface area (Å²) < 4.78 is 0. The minimum absolute atomic E-state index is 0.0278. The third-order valence-corrected chi connectivity index (χ3v) is 3.50. The van der Waals surface area contributed by atoms with Crippen LogP contribution in [0.3, 0.4) is 0 Å². The topological polar surface area (TPSA) is 40.5 Å². The largest absolute Gasteiger partial charge is 0.391 e. The Morgan fingerprint density at radius 2 is 2.07 bits per heavy atom. The summed E-state index contributed by atoms with van der Waals surface area (Å²) in [5, 5.41) is 9.74. The second-order valence-electron chi connectivity index (χ2n) is 4.27. The molecule has 0 bridgehead atoms. The van der Waals surface area contributed by atoms with Crippen LogP contribution in [0.2, 0.25) is 0 Å². The zero-order valence-electron chi connectivity index (χ0n) is 8.16. The predicted octanol–water partition coefficient (Wildman–Crippen LogP) is 1.13. The summed E-state index contributed by atoms with van der Waals surface area (Å²) in [7, 11) is 0. The monoisotopic (exact) mass is 217 g/mol. The van der Waals surface area contributed by atoms with Gasteiger partial charge in [-0.05, 0) is 12.8 Å². The molecule has 0 radical (unpaired) electrons. The summed E-state index contributed by atoms with van der Waals surface area (Å²) in [6.07, 6.45) is 4.03. The summed E-state index contributed by atoms with van der Waals surface area (Å²) in [6.45, 7) is 0.613. The number of alkyl halides is 1. The molecule has 1 saturated carbocycles. The van der Waals surface area contributed by atoms with Crippen LogP contribution in [0.25, 0.3) is 0 Å². The molecule has 4 heteroatoms. The molecule has 1 unspecified atom stereocenters. The number of nitrogens with zero attached hydrogens (tertiary/aromatic N) is 1. The van der Waals surface area contributed by atoms with E-state index in [-0.39, 0.29) is 23.4 Å². The SMILES string of the molecule is O=C1CC(Cl)CN1[C@H]1CCCC[C@@H]1O. The van der Waals surface area contributed by atoms with Gasteiger partial charge in [-0.3, -0.25) is 4.79 Å². The minimum atomic E-state index is -0.338. The molecule has 1 aliphatic heterocycles. The van der Waals surface area contributed by atoms with Crippen molar-refractivity contribution in [3.05, 3.63) is 0 Å². The van der Waals surface area contributed by atoms with Crippen molar-refractivity contribution in [3.63, 3.8) is 0 Å². The fourth-order valence-electron chi connectivity index (χ4n) is 2.46. The van der Waals surface area contributed by atoms with Crippen LogP contribution in [0, 0.1) is 0 Å². The lowest BCUT2D eigenvalue weighted by Crippen LogP contribution is -2.46. The van der Waals surface area contributed by atoms with Gasteiger partial charge in [-0.2, -0.15) is 0 Å². The van der Waals surface area contributed by atoms with E-state index in [1.54, 1.807) is 4.90 Å². The Morgan fingerprint density at radius 1 is 1.36 bits per heavy atom. The zero-order chi connectivity index (χ0) is 10.1. The molecule has 1 saturated heterocycles. The van der Waals surface area contributed by atoms with E-state index in [4.69, 9.17) is 11.6 Å². The fraction of sp³-hybridized carbons (Fsp3) is 0.900. The van der Waals surface area contributed by atoms with Gasteiger partial charge in [0.25, 0.3) is 0 Å². The van der Waals surface area contributed by atoms with E-state index < -0.39 is 0 Å². The maximum atomic E-state index is 11.6. The van der Waals surface area contributed by atoms with Crippen molar-refractivity contribution in [1.82, 2.24) is 4.90 Å². The first-order chi connectivity index (χ1) is 6.68. The van der Waals surface area contributed by atoms with E-state index in [0.29, 0.717) is 13.0 Å². The molecule has 14 heavy (non-hydrogen) atoms. The minimum Gasteiger partial charge on any atom is -0.391 e. The van der Waals surface area contributed by atoms with Gasteiger partial charge in [-0.1, -0.05) is 12.8 Å². The van der Waals surface area contributed by atoms with E-state index in [1.807, 2.05) is 0 Å². The number of carbonyl (C=O) groups excluding carboxylic acids is 1. The highest BCUT2D eigenvalue weighted by atomic mass is 35.5. The van der Waals surface area contributed by atoms with Crippen LogP contribution in [0.1, 0.15) is 32.1 Å². The first-order valence-corrected chi connectivity index (χ1v) is 5.73. The van der Waals surface area contributed by atoms with Gasteiger partial charge in [0.1, 0.15) is 0 Å². The molecule has 1 heterocycles. The molecule has 2 aliphatic rings. The lowest BCUT2D eigenvalue weighted by Gasteiger charge is -2.35. The Morgan fingerprint density at radius 3 is 2.64 bits per heavy atom. The van der Waals surface area contributed by atoms with Crippen molar-refractivity contribution >= 4 is 17.5 Å². The quantitative estimate of drug-likeness (QED) is 0.669. The zero-order valence-corrected chi connectivity index (χ0v) is 8.91. The van der Waals surface area contributed by atoms with E-state index in [2.05, 4.69) is 0 Å². The van der Waals surface area contributed by atoms with Gasteiger partial charge in [0, 0.05) is 13.0 Å². The lowest BCUT2D eigenvalue weighted by molar-refractivity contribution is -0.132. The number of likely N-dealkylation sites (tertiary alicyclic amines) is 1. The number of hydrogen-bond donors (Lipinski definition) is 1. The molecule has 0 spiro atoms. The molecule has 80 valence electrons. The number of aliphatic hydroxyl groups is 1. The van der Waals surface area contributed by atoms with Gasteiger partial charge < -0.3 is 10.0 Å². The summed E-state index contributed by atoms with van der Waals surface area (Å²) in [4.78, 5) is 13.3. The lowest BCUT2D eigenvalue weighted by atomic mass is 9.91. The molecule has 2 fully saturated rings. The fourth-order valence-corrected chi connectivity index (χ4v) is 2.74. The molecule has 0 aromatic rings. The van der Waals surface area contributed by atoms with Gasteiger partial charge in [0.05, 0.1) is 17.5 Å². The Balaban J connectivity index is 2.02. The number of rotatable bonds is 1. The van der Waals surface area contributed by atoms with Crippen molar-refractivity contribution in [3.8, 4) is 0 Å². The molecule has 3 nitrogen and oxygen atoms in total. The summed E-state index contributed by atoms with van der Waals surface area (Å²) in [5.41, 5.74) is 0. The number of halogens is 1. The van der Waals surface area contributed by atoms with Crippen molar-refractivity contribution in [1.29, 1.82) is 0 Å². The molecule has 1 aliphatic carbocycles. The molecule has 2 rings (SSSR count). The van der Waals surface area contributed by atoms with Crippen LogP contribution in [0.4, 0.5) is 0 Å². The first-order valence-electron chi connectivity index (χ1n) is 5.30. The maximum absolute atomic E-state index is 11.6. The maximum Gasteiger partial charge on any atom is 0.224 e. The predicted molar refractivity (Wildman–Crippen MR) is 54.2 cm³/mol. The second-order valence-corrected chi connectivity index (χ2v) is 4.88. The van der Waals surface area contributed by atoms with Crippen LogP contribution >= 0.6 is 11.6 Å². The van der Waals surface area contributed by atoms with Crippen LogP contribution < -0.4 is 0 Å². The average Bonchev–Trinajstić information content (AvgIpc) is 2.46. The molecular formula is C10H16ClNO2.